The molecule has 0 heterocycles. The van der Waals surface area contributed by atoms with Crippen LogP contribution in [0.5, 0.6) is 5.75 Å². The van der Waals surface area contributed by atoms with Crippen LogP contribution in [0.1, 0.15) is 63.9 Å². The predicted molar refractivity (Wildman–Crippen MR) is 115 cm³/mol. The van der Waals surface area contributed by atoms with Crippen molar-refractivity contribution in [1.82, 2.24) is 4.90 Å². The van der Waals surface area contributed by atoms with Gasteiger partial charge in [0.1, 0.15) is 5.75 Å². The monoisotopic (exact) mass is 413 g/mol. The molecule has 1 saturated carbocycles. The van der Waals surface area contributed by atoms with E-state index in [0.717, 1.165) is 43.5 Å². The highest BCUT2D eigenvalue weighted by atomic mass is 35.5. The van der Waals surface area contributed by atoms with E-state index in [1.54, 1.807) is 13.8 Å². The summed E-state index contributed by atoms with van der Waals surface area (Å²) in [4.78, 5) is 13.3. The zero-order valence-corrected chi connectivity index (χ0v) is 18.4. The van der Waals surface area contributed by atoms with Crippen LogP contribution in [-0.2, 0) is 4.79 Å². The number of aliphatic hydroxyl groups is 1. The molecule has 1 unspecified atom stereocenters. The fourth-order valence-electron chi connectivity index (χ4n) is 3.79. The number of halogens is 1. The van der Waals surface area contributed by atoms with Crippen LogP contribution in [0.4, 0.5) is 0 Å². The summed E-state index contributed by atoms with van der Waals surface area (Å²) in [6.45, 7) is 4.59. The lowest BCUT2D eigenvalue weighted by molar-refractivity contribution is -0.147. The molecule has 1 atom stereocenters. The molecule has 5 nitrogen and oxygen atoms in total. The van der Waals surface area contributed by atoms with Crippen molar-refractivity contribution in [3.8, 4) is 5.75 Å². The summed E-state index contributed by atoms with van der Waals surface area (Å²) in [5.74, 6) is 0.000621. The number of nitrogens with zero attached hydrogens (tertiary/aromatic N) is 1. The van der Waals surface area contributed by atoms with Crippen molar-refractivity contribution in [2.75, 3.05) is 27.2 Å². The Morgan fingerprint density at radius 2 is 1.75 bits per heavy atom. The molecule has 1 aromatic carbocycles. The van der Waals surface area contributed by atoms with Crippen LogP contribution < -0.4 is 4.74 Å². The van der Waals surface area contributed by atoms with E-state index in [4.69, 9.17) is 4.74 Å². The second-order valence-electron chi connectivity index (χ2n) is 8.84. The molecule has 28 heavy (non-hydrogen) atoms. The summed E-state index contributed by atoms with van der Waals surface area (Å²) >= 11 is 0. The van der Waals surface area contributed by atoms with Crippen LogP contribution in [0.25, 0.3) is 0 Å². The maximum atomic E-state index is 11.3. The van der Waals surface area contributed by atoms with E-state index in [2.05, 4.69) is 4.90 Å². The number of carboxylic acids is 1. The molecule has 160 valence electrons. The van der Waals surface area contributed by atoms with Gasteiger partial charge in [0.2, 0.25) is 0 Å². The highest BCUT2D eigenvalue weighted by molar-refractivity contribution is 5.85. The lowest BCUT2D eigenvalue weighted by atomic mass is 9.72. The highest BCUT2D eigenvalue weighted by Crippen LogP contribution is 2.40. The third kappa shape index (κ3) is 6.64. The van der Waals surface area contributed by atoms with Crippen LogP contribution in [0.3, 0.4) is 0 Å². The van der Waals surface area contributed by atoms with Gasteiger partial charge in [-0.15, -0.1) is 12.4 Å². The van der Waals surface area contributed by atoms with E-state index in [9.17, 15) is 15.0 Å². The molecular formula is C22H36ClNO4. The van der Waals surface area contributed by atoms with Gasteiger partial charge in [0.15, 0.2) is 0 Å². The predicted octanol–water partition coefficient (Wildman–Crippen LogP) is 4.33. The van der Waals surface area contributed by atoms with Crippen molar-refractivity contribution >= 4 is 18.4 Å². The Labute approximate surface area is 175 Å². The Morgan fingerprint density at radius 3 is 2.25 bits per heavy atom. The maximum absolute atomic E-state index is 11.3. The minimum absolute atomic E-state index is 0. The molecule has 1 fully saturated rings. The van der Waals surface area contributed by atoms with Gasteiger partial charge in [-0.2, -0.15) is 0 Å². The third-order valence-corrected chi connectivity index (χ3v) is 5.77. The first-order valence-corrected chi connectivity index (χ1v) is 9.97. The zero-order chi connectivity index (χ0) is 20.1. The van der Waals surface area contributed by atoms with Gasteiger partial charge in [0, 0.05) is 12.5 Å². The minimum Gasteiger partial charge on any atom is -0.494 e. The van der Waals surface area contributed by atoms with E-state index < -0.39 is 17.0 Å². The summed E-state index contributed by atoms with van der Waals surface area (Å²) in [5.41, 5.74) is -0.302. The van der Waals surface area contributed by atoms with Crippen LogP contribution in [0, 0.1) is 5.41 Å². The number of aliphatic carboxylic acids is 1. The summed E-state index contributed by atoms with van der Waals surface area (Å²) in [7, 11) is 4.09. The molecular weight excluding hydrogens is 378 g/mol. The number of carbonyl (C=O) groups is 1. The molecule has 0 aliphatic heterocycles. The van der Waals surface area contributed by atoms with E-state index in [-0.39, 0.29) is 18.3 Å². The third-order valence-electron chi connectivity index (χ3n) is 5.77. The molecule has 1 aromatic rings. The fourth-order valence-corrected chi connectivity index (χ4v) is 3.79. The average molecular weight is 414 g/mol. The molecule has 0 saturated heterocycles. The minimum atomic E-state index is -0.811. The van der Waals surface area contributed by atoms with Gasteiger partial charge in [0.05, 0.1) is 17.6 Å². The Kier molecular flexibility index (Phi) is 9.25. The van der Waals surface area contributed by atoms with Crippen LogP contribution in [0.15, 0.2) is 24.3 Å². The van der Waals surface area contributed by atoms with E-state index >= 15 is 0 Å². The number of carboxylic acid groups (broad SMARTS) is 1. The van der Waals surface area contributed by atoms with Gasteiger partial charge >= 0.3 is 5.97 Å². The van der Waals surface area contributed by atoms with Gasteiger partial charge in [0.25, 0.3) is 0 Å². The van der Waals surface area contributed by atoms with E-state index in [1.807, 2.05) is 38.4 Å². The normalized spacial score (nSPS) is 17.6. The summed E-state index contributed by atoms with van der Waals surface area (Å²) < 4.78 is 5.74. The van der Waals surface area contributed by atoms with Crippen molar-refractivity contribution in [2.24, 2.45) is 5.41 Å². The molecule has 0 bridgehead atoms. The Hall–Kier alpha value is -1.30. The van der Waals surface area contributed by atoms with Gasteiger partial charge in [-0.05, 0) is 64.9 Å². The van der Waals surface area contributed by atoms with Gasteiger partial charge in [-0.1, -0.05) is 31.4 Å². The molecule has 1 aliphatic rings. The van der Waals surface area contributed by atoms with E-state index in [0.29, 0.717) is 13.0 Å². The van der Waals surface area contributed by atoms with Crippen molar-refractivity contribution < 1.29 is 19.7 Å². The Morgan fingerprint density at radius 1 is 1.18 bits per heavy atom. The number of ether oxygens (including phenoxy) is 1. The first-order chi connectivity index (χ1) is 12.6. The lowest BCUT2D eigenvalue weighted by Crippen LogP contribution is -2.42. The average Bonchev–Trinajstić information content (AvgIpc) is 2.60. The molecule has 0 radical (unpaired) electrons. The van der Waals surface area contributed by atoms with Gasteiger partial charge in [-0.3, -0.25) is 4.79 Å². The van der Waals surface area contributed by atoms with Crippen molar-refractivity contribution in [3.05, 3.63) is 29.8 Å². The SMILES string of the molecule is CN(C)CC(c1ccc(OCCC(C)(C)C(=O)O)cc1)C1(O)CCCCC1.Cl. The summed E-state index contributed by atoms with van der Waals surface area (Å²) in [6.07, 6.45) is 5.54. The van der Waals surface area contributed by atoms with Crippen molar-refractivity contribution in [2.45, 2.75) is 63.9 Å². The second-order valence-corrected chi connectivity index (χ2v) is 8.84. The molecule has 0 amide bonds. The number of hydrogen-bond acceptors (Lipinski definition) is 4. The Bertz CT molecular complexity index is 609. The highest BCUT2D eigenvalue weighted by Gasteiger charge is 2.38. The molecule has 2 N–H and O–H groups in total. The number of rotatable bonds is 9. The topological polar surface area (TPSA) is 70.0 Å². The maximum Gasteiger partial charge on any atom is 0.309 e. The molecule has 6 heteroatoms. The van der Waals surface area contributed by atoms with Gasteiger partial charge in [-0.25, -0.2) is 0 Å². The lowest BCUT2D eigenvalue weighted by Gasteiger charge is -2.40. The quantitative estimate of drug-likeness (QED) is 0.630. The number of hydrogen-bond donors (Lipinski definition) is 2. The first kappa shape index (κ1) is 24.7. The number of benzene rings is 1. The molecule has 1 aliphatic carbocycles. The Balaban J connectivity index is 0.00000392. The largest absolute Gasteiger partial charge is 0.494 e. The van der Waals surface area contributed by atoms with Gasteiger partial charge < -0.3 is 19.8 Å². The van der Waals surface area contributed by atoms with Crippen molar-refractivity contribution in [1.29, 1.82) is 0 Å². The first-order valence-electron chi connectivity index (χ1n) is 9.97. The molecule has 0 aromatic heterocycles. The number of likely N-dealkylation sites (N-methyl/N-ethyl adjacent to an activating group) is 1. The fraction of sp³-hybridized carbons (Fsp3) is 0.682. The van der Waals surface area contributed by atoms with Crippen molar-refractivity contribution in [3.63, 3.8) is 0 Å². The zero-order valence-electron chi connectivity index (χ0n) is 17.6. The molecule has 0 spiro atoms. The van der Waals surface area contributed by atoms with Crippen LogP contribution in [0.2, 0.25) is 0 Å². The standard InChI is InChI=1S/C22H35NO4.ClH/c1-21(2,20(24)25)14-15-27-18-10-8-17(9-11-18)19(16-23(3)4)22(26)12-6-5-7-13-22;/h8-11,19,26H,5-7,12-16H2,1-4H3,(H,24,25);1H. The van der Waals surface area contributed by atoms with Crippen LogP contribution >= 0.6 is 12.4 Å². The molecule has 2 rings (SSSR count). The second kappa shape index (κ2) is 10.5. The smallest absolute Gasteiger partial charge is 0.309 e. The summed E-state index contributed by atoms with van der Waals surface area (Å²) in [6, 6.07) is 7.94. The van der Waals surface area contributed by atoms with E-state index in [1.165, 1.54) is 6.42 Å². The van der Waals surface area contributed by atoms with Crippen LogP contribution in [-0.4, -0.2) is 53.9 Å². The summed E-state index contributed by atoms with van der Waals surface area (Å²) in [5, 5.41) is 20.4.